The Morgan fingerprint density at radius 2 is 1.73 bits per heavy atom. The zero-order valence-corrected chi connectivity index (χ0v) is 15.8. The third-order valence-corrected chi connectivity index (χ3v) is 4.82. The first-order valence-electron chi connectivity index (χ1n) is 9.28. The van der Waals surface area contributed by atoms with Gasteiger partial charge in [0.15, 0.2) is 6.29 Å². The highest BCUT2D eigenvalue weighted by atomic mass is 16.7. The number of aromatic nitrogens is 3. The fourth-order valence-electron chi connectivity index (χ4n) is 3.08. The van der Waals surface area contributed by atoms with Crippen LogP contribution in [0.4, 0.5) is 0 Å². The molecule has 30 heavy (non-hydrogen) atoms. The molecule has 8 atom stereocenters. The molecule has 2 aromatic rings. The summed E-state index contributed by atoms with van der Waals surface area (Å²) in [5.41, 5.74) is 0.617. The molecular weight excluding hydrogens is 402 g/mol. The summed E-state index contributed by atoms with van der Waals surface area (Å²) in [7, 11) is 0. The SMILES string of the molecule is OC[C@@H](O)[C@H](O[C@H]1O[C@@H](CO)[C@@H](O)[C@@H](O)[C@H]1O)[C@@H](O)c1cnn(-c2ccccc2)n1. The van der Waals surface area contributed by atoms with Gasteiger partial charge in [0.25, 0.3) is 0 Å². The van der Waals surface area contributed by atoms with Gasteiger partial charge in [0, 0.05) is 0 Å². The lowest BCUT2D eigenvalue weighted by Crippen LogP contribution is -2.60. The fourth-order valence-corrected chi connectivity index (χ4v) is 3.08. The first-order valence-corrected chi connectivity index (χ1v) is 9.28. The van der Waals surface area contributed by atoms with Gasteiger partial charge in [-0.25, -0.2) is 0 Å². The summed E-state index contributed by atoms with van der Waals surface area (Å²) in [6.45, 7) is -1.47. The Hall–Kier alpha value is -2.00. The van der Waals surface area contributed by atoms with Gasteiger partial charge < -0.3 is 45.2 Å². The van der Waals surface area contributed by atoms with Crippen molar-refractivity contribution in [3.63, 3.8) is 0 Å². The van der Waals surface area contributed by atoms with Crippen LogP contribution in [-0.4, -0.2) is 107 Å². The van der Waals surface area contributed by atoms with Crippen LogP contribution in [0.15, 0.2) is 36.5 Å². The molecule has 3 rings (SSSR count). The Morgan fingerprint density at radius 3 is 2.37 bits per heavy atom. The maximum Gasteiger partial charge on any atom is 0.187 e. The summed E-state index contributed by atoms with van der Waals surface area (Å²) in [6.07, 6.45) is -11.4. The number of aliphatic hydroxyl groups is 7. The number of nitrogens with zero attached hydrogens (tertiary/aromatic N) is 3. The van der Waals surface area contributed by atoms with Gasteiger partial charge in [0.05, 0.1) is 25.1 Å². The van der Waals surface area contributed by atoms with Crippen molar-refractivity contribution in [2.24, 2.45) is 0 Å². The van der Waals surface area contributed by atoms with Crippen molar-refractivity contribution in [3.8, 4) is 5.69 Å². The van der Waals surface area contributed by atoms with Gasteiger partial charge in [0.1, 0.15) is 48.4 Å². The average Bonchev–Trinajstić information content (AvgIpc) is 3.27. The molecule has 0 bridgehead atoms. The standard InChI is InChI=1S/C18H25N3O9/c22-7-11(24)17(30-18-16(28)15(27)14(26)12(8-23)29-18)13(25)10-6-19-21(20-10)9-4-2-1-3-5-9/h1-6,11-18,22-28H,7-8H2/t11-,12+,13+,14-,15-,16-,17+,18-/m1/s1. The molecule has 0 aliphatic carbocycles. The van der Waals surface area contributed by atoms with Gasteiger partial charge in [-0.2, -0.15) is 15.0 Å². The van der Waals surface area contributed by atoms with E-state index < -0.39 is 62.2 Å². The third-order valence-electron chi connectivity index (χ3n) is 4.82. The van der Waals surface area contributed by atoms with E-state index in [4.69, 9.17) is 9.47 Å². The van der Waals surface area contributed by atoms with E-state index in [9.17, 15) is 35.7 Å². The lowest BCUT2D eigenvalue weighted by molar-refractivity contribution is -0.325. The van der Waals surface area contributed by atoms with Gasteiger partial charge in [-0.3, -0.25) is 0 Å². The van der Waals surface area contributed by atoms with Gasteiger partial charge in [0.2, 0.25) is 0 Å². The van der Waals surface area contributed by atoms with E-state index in [1.54, 1.807) is 24.3 Å². The minimum atomic E-state index is -1.75. The van der Waals surface area contributed by atoms with Crippen LogP contribution in [0.1, 0.15) is 11.8 Å². The van der Waals surface area contributed by atoms with Crippen molar-refractivity contribution < 1.29 is 45.2 Å². The summed E-state index contributed by atoms with van der Waals surface area (Å²) in [4.78, 5) is 1.24. The normalized spacial score (nSPS) is 30.0. The number of hydrogen-bond acceptors (Lipinski definition) is 11. The molecule has 1 aliphatic heterocycles. The molecule has 1 saturated heterocycles. The molecule has 0 saturated carbocycles. The third kappa shape index (κ3) is 4.67. The predicted octanol–water partition coefficient (Wildman–Crippen LogP) is -3.16. The van der Waals surface area contributed by atoms with Gasteiger partial charge in [-0.1, -0.05) is 18.2 Å². The van der Waals surface area contributed by atoms with Crippen LogP contribution in [0.2, 0.25) is 0 Å². The van der Waals surface area contributed by atoms with Crippen LogP contribution in [0, 0.1) is 0 Å². The molecule has 1 aliphatic rings. The first-order chi connectivity index (χ1) is 14.4. The monoisotopic (exact) mass is 427 g/mol. The van der Waals surface area contributed by atoms with Crippen LogP contribution in [0.25, 0.3) is 5.69 Å². The van der Waals surface area contributed by atoms with Crippen LogP contribution in [-0.2, 0) is 9.47 Å². The molecule has 166 valence electrons. The number of para-hydroxylation sites is 1. The number of benzene rings is 1. The largest absolute Gasteiger partial charge is 0.394 e. The predicted molar refractivity (Wildman–Crippen MR) is 98.1 cm³/mol. The van der Waals surface area contributed by atoms with E-state index in [2.05, 4.69) is 10.2 Å². The Kier molecular flexibility index (Phi) is 7.46. The molecule has 12 heteroatoms. The van der Waals surface area contributed by atoms with E-state index >= 15 is 0 Å². The van der Waals surface area contributed by atoms with Crippen molar-refractivity contribution in [1.82, 2.24) is 15.0 Å². The summed E-state index contributed by atoms with van der Waals surface area (Å²) in [6, 6.07) is 8.83. The molecule has 1 fully saturated rings. The zero-order valence-electron chi connectivity index (χ0n) is 15.8. The summed E-state index contributed by atoms with van der Waals surface area (Å²) in [5, 5.41) is 77.5. The summed E-state index contributed by atoms with van der Waals surface area (Å²) < 4.78 is 10.7. The Bertz CT molecular complexity index is 790. The second-order valence-electron chi connectivity index (χ2n) is 6.89. The Morgan fingerprint density at radius 1 is 1.03 bits per heavy atom. The molecule has 1 aromatic carbocycles. The molecule has 1 aromatic heterocycles. The topological polar surface area (TPSA) is 191 Å². The quantitative estimate of drug-likeness (QED) is 0.225. The first kappa shape index (κ1) is 22.7. The van der Waals surface area contributed by atoms with Crippen LogP contribution < -0.4 is 0 Å². The molecule has 2 heterocycles. The smallest absolute Gasteiger partial charge is 0.187 e. The number of rotatable bonds is 8. The molecule has 0 radical (unpaired) electrons. The van der Waals surface area contributed by atoms with Crippen molar-refractivity contribution in [2.45, 2.75) is 49.0 Å². The van der Waals surface area contributed by atoms with E-state index in [1.165, 1.54) is 11.0 Å². The number of ether oxygens (including phenoxy) is 2. The molecule has 12 nitrogen and oxygen atoms in total. The summed E-state index contributed by atoms with van der Waals surface area (Å²) in [5.74, 6) is 0. The Labute approximate surface area is 171 Å². The maximum atomic E-state index is 10.7. The number of aliphatic hydroxyl groups excluding tert-OH is 7. The highest BCUT2D eigenvalue weighted by Gasteiger charge is 2.46. The fraction of sp³-hybridized carbons (Fsp3) is 0.556. The second kappa shape index (κ2) is 9.87. The van der Waals surface area contributed by atoms with Crippen LogP contribution >= 0.6 is 0 Å². The van der Waals surface area contributed by atoms with Gasteiger partial charge in [-0.15, -0.1) is 0 Å². The van der Waals surface area contributed by atoms with Crippen molar-refractivity contribution in [2.75, 3.05) is 13.2 Å². The lowest BCUT2D eigenvalue weighted by Gasteiger charge is -2.41. The summed E-state index contributed by atoms with van der Waals surface area (Å²) >= 11 is 0. The van der Waals surface area contributed by atoms with E-state index in [1.807, 2.05) is 6.07 Å². The van der Waals surface area contributed by atoms with E-state index in [0.29, 0.717) is 5.69 Å². The van der Waals surface area contributed by atoms with Gasteiger partial charge in [-0.05, 0) is 12.1 Å². The van der Waals surface area contributed by atoms with E-state index in [-0.39, 0.29) is 5.69 Å². The molecular formula is C18H25N3O9. The van der Waals surface area contributed by atoms with Gasteiger partial charge >= 0.3 is 0 Å². The molecule has 7 N–H and O–H groups in total. The zero-order chi connectivity index (χ0) is 21.8. The van der Waals surface area contributed by atoms with Crippen LogP contribution in [0.3, 0.4) is 0 Å². The van der Waals surface area contributed by atoms with Crippen molar-refractivity contribution in [1.29, 1.82) is 0 Å². The highest BCUT2D eigenvalue weighted by Crippen LogP contribution is 2.28. The van der Waals surface area contributed by atoms with Crippen molar-refractivity contribution >= 4 is 0 Å². The average molecular weight is 427 g/mol. The highest BCUT2D eigenvalue weighted by molar-refractivity contribution is 5.28. The Balaban J connectivity index is 1.80. The molecule has 0 amide bonds. The van der Waals surface area contributed by atoms with Crippen molar-refractivity contribution in [3.05, 3.63) is 42.2 Å². The number of hydrogen-bond donors (Lipinski definition) is 7. The maximum absolute atomic E-state index is 10.7. The molecule has 0 spiro atoms. The minimum absolute atomic E-state index is 0.000874. The van der Waals surface area contributed by atoms with Crippen LogP contribution in [0.5, 0.6) is 0 Å². The second-order valence-corrected chi connectivity index (χ2v) is 6.89. The molecule has 0 unspecified atom stereocenters. The lowest BCUT2D eigenvalue weighted by atomic mass is 9.99. The van der Waals surface area contributed by atoms with E-state index in [0.717, 1.165) is 0 Å². The minimum Gasteiger partial charge on any atom is -0.394 e.